The SMILES string of the molecule is O=C(CC1OCc2ccccc21)c1ccccc1. The Hall–Kier alpha value is -1.93. The average Bonchev–Trinajstić information content (AvgIpc) is 2.83. The third-order valence-electron chi connectivity index (χ3n) is 3.31. The van der Waals surface area contributed by atoms with Gasteiger partial charge in [-0.1, -0.05) is 54.6 Å². The van der Waals surface area contributed by atoms with Crippen LogP contribution in [0.3, 0.4) is 0 Å². The standard InChI is InChI=1S/C16H14O2/c17-15(12-6-2-1-3-7-12)10-16-14-9-5-4-8-13(14)11-18-16/h1-9,16H,10-11H2. The molecule has 0 bridgehead atoms. The molecule has 0 spiro atoms. The van der Waals surface area contributed by atoms with E-state index in [4.69, 9.17) is 4.74 Å². The number of hydrogen-bond acceptors (Lipinski definition) is 2. The number of benzene rings is 2. The summed E-state index contributed by atoms with van der Waals surface area (Å²) in [5.74, 6) is 0.136. The fourth-order valence-electron chi connectivity index (χ4n) is 2.34. The highest BCUT2D eigenvalue weighted by atomic mass is 16.5. The summed E-state index contributed by atoms with van der Waals surface area (Å²) in [7, 11) is 0. The van der Waals surface area contributed by atoms with Gasteiger partial charge in [-0.05, 0) is 11.1 Å². The first-order valence-electron chi connectivity index (χ1n) is 6.12. The quantitative estimate of drug-likeness (QED) is 0.765. The zero-order chi connectivity index (χ0) is 12.4. The molecule has 0 radical (unpaired) electrons. The second-order valence-electron chi connectivity index (χ2n) is 4.49. The number of ether oxygens (including phenoxy) is 1. The summed E-state index contributed by atoms with van der Waals surface area (Å²) < 4.78 is 5.69. The van der Waals surface area contributed by atoms with Gasteiger partial charge in [0.15, 0.2) is 5.78 Å². The van der Waals surface area contributed by atoms with E-state index in [-0.39, 0.29) is 11.9 Å². The van der Waals surface area contributed by atoms with Crippen molar-refractivity contribution >= 4 is 5.78 Å². The van der Waals surface area contributed by atoms with Gasteiger partial charge in [0.1, 0.15) is 0 Å². The first-order chi connectivity index (χ1) is 8.84. The summed E-state index contributed by atoms with van der Waals surface area (Å²) in [6.07, 6.45) is 0.329. The minimum Gasteiger partial charge on any atom is -0.368 e. The number of ketones is 1. The number of carbonyl (C=O) groups is 1. The van der Waals surface area contributed by atoms with Crippen LogP contribution in [0.5, 0.6) is 0 Å². The molecule has 3 rings (SSSR count). The van der Waals surface area contributed by atoms with E-state index in [2.05, 4.69) is 6.07 Å². The van der Waals surface area contributed by atoms with Crippen LogP contribution in [0.15, 0.2) is 54.6 Å². The topological polar surface area (TPSA) is 26.3 Å². The maximum Gasteiger partial charge on any atom is 0.165 e. The van der Waals surface area contributed by atoms with Crippen LogP contribution in [-0.2, 0) is 11.3 Å². The van der Waals surface area contributed by atoms with Crippen LogP contribution in [0.2, 0.25) is 0 Å². The number of Topliss-reactive ketones (excluding diaryl/α,β-unsaturated/α-hetero) is 1. The Balaban J connectivity index is 1.77. The van der Waals surface area contributed by atoms with Crippen molar-refractivity contribution in [2.24, 2.45) is 0 Å². The van der Waals surface area contributed by atoms with E-state index >= 15 is 0 Å². The van der Waals surface area contributed by atoms with E-state index < -0.39 is 0 Å². The maximum atomic E-state index is 12.1. The van der Waals surface area contributed by atoms with Crippen LogP contribution in [-0.4, -0.2) is 5.78 Å². The van der Waals surface area contributed by atoms with E-state index in [1.807, 2.05) is 48.5 Å². The molecular formula is C16H14O2. The highest BCUT2D eigenvalue weighted by molar-refractivity contribution is 5.96. The fourth-order valence-corrected chi connectivity index (χ4v) is 2.34. The smallest absolute Gasteiger partial charge is 0.165 e. The van der Waals surface area contributed by atoms with Gasteiger partial charge in [0.2, 0.25) is 0 Å². The lowest BCUT2D eigenvalue weighted by Gasteiger charge is -2.10. The molecule has 0 amide bonds. The predicted molar refractivity (Wildman–Crippen MR) is 69.4 cm³/mol. The monoisotopic (exact) mass is 238 g/mol. The summed E-state index contributed by atoms with van der Waals surface area (Å²) in [6.45, 7) is 0.614. The van der Waals surface area contributed by atoms with E-state index in [1.54, 1.807) is 0 Å². The van der Waals surface area contributed by atoms with Crippen LogP contribution in [0.4, 0.5) is 0 Å². The molecule has 90 valence electrons. The lowest BCUT2D eigenvalue weighted by molar-refractivity contribution is 0.0536. The molecule has 2 heteroatoms. The van der Waals surface area contributed by atoms with Crippen molar-refractivity contribution in [1.29, 1.82) is 0 Å². The summed E-state index contributed by atoms with van der Waals surface area (Å²) >= 11 is 0. The van der Waals surface area contributed by atoms with Crippen molar-refractivity contribution < 1.29 is 9.53 Å². The molecule has 2 aromatic rings. The summed E-state index contributed by atoms with van der Waals surface area (Å²) in [5.41, 5.74) is 3.11. The largest absolute Gasteiger partial charge is 0.368 e. The van der Waals surface area contributed by atoms with Gasteiger partial charge in [0.05, 0.1) is 12.7 Å². The minimum atomic E-state index is -0.0890. The number of carbonyl (C=O) groups excluding carboxylic acids is 1. The Bertz CT molecular complexity index is 560. The Kier molecular flexibility index (Phi) is 2.95. The van der Waals surface area contributed by atoms with Crippen molar-refractivity contribution in [2.75, 3.05) is 0 Å². The van der Waals surface area contributed by atoms with Crippen molar-refractivity contribution in [3.63, 3.8) is 0 Å². The number of rotatable bonds is 3. The van der Waals surface area contributed by atoms with Gasteiger partial charge in [-0.3, -0.25) is 4.79 Å². The van der Waals surface area contributed by atoms with E-state index in [9.17, 15) is 4.79 Å². The number of fused-ring (bicyclic) bond motifs is 1. The van der Waals surface area contributed by atoms with Crippen molar-refractivity contribution in [1.82, 2.24) is 0 Å². The highest BCUT2D eigenvalue weighted by Crippen LogP contribution is 2.33. The maximum absolute atomic E-state index is 12.1. The molecule has 0 N–H and O–H groups in total. The third kappa shape index (κ3) is 2.07. The molecule has 0 fully saturated rings. The van der Waals surface area contributed by atoms with E-state index in [0.717, 1.165) is 11.1 Å². The van der Waals surface area contributed by atoms with Crippen LogP contribution in [0.1, 0.15) is 34.0 Å². The molecule has 0 saturated heterocycles. The molecule has 0 saturated carbocycles. The molecule has 1 unspecified atom stereocenters. The van der Waals surface area contributed by atoms with Gasteiger partial charge in [-0.25, -0.2) is 0 Å². The molecule has 0 aliphatic carbocycles. The lowest BCUT2D eigenvalue weighted by Crippen LogP contribution is -2.06. The van der Waals surface area contributed by atoms with E-state index in [1.165, 1.54) is 5.56 Å². The van der Waals surface area contributed by atoms with Crippen molar-refractivity contribution in [2.45, 2.75) is 19.1 Å². The molecule has 2 nitrogen and oxygen atoms in total. The molecule has 2 aromatic carbocycles. The van der Waals surface area contributed by atoms with Gasteiger partial charge < -0.3 is 4.74 Å². The second kappa shape index (κ2) is 4.75. The molecule has 0 aromatic heterocycles. The Morgan fingerprint density at radius 3 is 2.61 bits per heavy atom. The summed E-state index contributed by atoms with van der Waals surface area (Å²) in [6, 6.07) is 17.5. The minimum absolute atomic E-state index is 0.0890. The molecule has 18 heavy (non-hydrogen) atoms. The Morgan fingerprint density at radius 1 is 1.06 bits per heavy atom. The predicted octanol–water partition coefficient (Wildman–Crippen LogP) is 3.53. The fraction of sp³-hybridized carbons (Fsp3) is 0.188. The van der Waals surface area contributed by atoms with Gasteiger partial charge in [-0.2, -0.15) is 0 Å². The van der Waals surface area contributed by atoms with Gasteiger partial charge in [0, 0.05) is 12.0 Å². The van der Waals surface area contributed by atoms with Crippen molar-refractivity contribution in [3.05, 3.63) is 71.3 Å². The Labute approximate surface area is 106 Å². The zero-order valence-corrected chi connectivity index (χ0v) is 10.0. The Morgan fingerprint density at radius 2 is 1.78 bits per heavy atom. The molecule has 1 atom stereocenters. The van der Waals surface area contributed by atoms with E-state index in [0.29, 0.717) is 13.0 Å². The zero-order valence-electron chi connectivity index (χ0n) is 10.0. The van der Waals surface area contributed by atoms with Crippen LogP contribution < -0.4 is 0 Å². The third-order valence-corrected chi connectivity index (χ3v) is 3.31. The molecule has 1 aliphatic rings. The van der Waals surface area contributed by atoms with Gasteiger partial charge in [0.25, 0.3) is 0 Å². The average molecular weight is 238 g/mol. The lowest BCUT2D eigenvalue weighted by atomic mass is 9.99. The van der Waals surface area contributed by atoms with Crippen LogP contribution >= 0.6 is 0 Å². The first kappa shape index (κ1) is 11.2. The molecular weight excluding hydrogens is 224 g/mol. The normalized spacial score (nSPS) is 17.4. The van der Waals surface area contributed by atoms with Crippen LogP contribution in [0, 0.1) is 0 Å². The second-order valence-corrected chi connectivity index (χ2v) is 4.49. The first-order valence-corrected chi connectivity index (χ1v) is 6.12. The summed E-state index contributed by atoms with van der Waals surface area (Å²) in [5, 5.41) is 0. The number of hydrogen-bond donors (Lipinski definition) is 0. The molecule has 1 heterocycles. The van der Waals surface area contributed by atoms with Crippen molar-refractivity contribution in [3.8, 4) is 0 Å². The van der Waals surface area contributed by atoms with Gasteiger partial charge in [-0.15, -0.1) is 0 Å². The van der Waals surface area contributed by atoms with Gasteiger partial charge >= 0.3 is 0 Å². The molecule has 1 aliphatic heterocycles. The van der Waals surface area contributed by atoms with Crippen LogP contribution in [0.25, 0.3) is 0 Å². The summed E-state index contributed by atoms with van der Waals surface area (Å²) in [4.78, 5) is 12.1. The highest BCUT2D eigenvalue weighted by Gasteiger charge is 2.25.